The van der Waals surface area contributed by atoms with Crippen LogP contribution in [0.1, 0.15) is 63.4 Å². The van der Waals surface area contributed by atoms with Crippen molar-refractivity contribution in [3.8, 4) is 11.5 Å². The van der Waals surface area contributed by atoms with Crippen LogP contribution in [0.15, 0.2) is 102 Å². The molecule has 0 bridgehead atoms. The van der Waals surface area contributed by atoms with Gasteiger partial charge in [0.2, 0.25) is 15.8 Å². The van der Waals surface area contributed by atoms with E-state index < -0.39 is 27.8 Å². The number of allylic oxidation sites excluding steroid dienone is 1. The van der Waals surface area contributed by atoms with Crippen LogP contribution in [0.5, 0.6) is 11.5 Å². The van der Waals surface area contributed by atoms with Gasteiger partial charge in [0, 0.05) is 49.7 Å². The number of sulfonamides is 1. The number of oxime groups is 1. The van der Waals surface area contributed by atoms with Gasteiger partial charge < -0.3 is 29.3 Å². The third kappa shape index (κ3) is 7.59. The molecule has 0 saturated heterocycles. The second-order valence-corrected chi connectivity index (χ2v) is 16.1. The molecule has 3 aliphatic rings. The molecule has 0 amide bonds. The number of benzene rings is 2. The van der Waals surface area contributed by atoms with Gasteiger partial charge in [-0.05, 0) is 80.3 Å². The molecule has 6 atom stereocenters. The van der Waals surface area contributed by atoms with Crippen LogP contribution in [0.3, 0.4) is 0 Å². The number of rotatable bonds is 19. The van der Waals surface area contributed by atoms with Gasteiger partial charge in [0.1, 0.15) is 29.6 Å². The van der Waals surface area contributed by atoms with Crippen LogP contribution in [0.2, 0.25) is 0 Å². The largest absolute Gasteiger partial charge is 0.490 e. The van der Waals surface area contributed by atoms with Gasteiger partial charge in [0.15, 0.2) is 0 Å². The fourth-order valence-corrected chi connectivity index (χ4v) is 10.2. The van der Waals surface area contributed by atoms with Crippen molar-refractivity contribution >= 4 is 26.6 Å². The summed E-state index contributed by atoms with van der Waals surface area (Å²) in [4.78, 5) is 10.3. The van der Waals surface area contributed by atoms with Crippen molar-refractivity contribution in [2.75, 3.05) is 40.1 Å². The van der Waals surface area contributed by atoms with Crippen molar-refractivity contribution in [2.24, 2.45) is 22.9 Å². The van der Waals surface area contributed by atoms with Crippen LogP contribution in [0, 0.1) is 17.8 Å². The third-order valence-corrected chi connectivity index (χ3v) is 12.9. The Morgan fingerprint density at radius 3 is 2.54 bits per heavy atom. The van der Waals surface area contributed by atoms with E-state index in [1.165, 1.54) is 4.31 Å². The number of aliphatic hydroxyl groups is 2. The minimum absolute atomic E-state index is 0.0456. The molecule has 2 aromatic carbocycles. The lowest BCUT2D eigenvalue weighted by atomic mass is 9.55. The summed E-state index contributed by atoms with van der Waals surface area (Å²) in [6, 6.07) is 13.6. The van der Waals surface area contributed by atoms with E-state index in [-0.39, 0.29) is 48.9 Å². The average molecular weight is 760 g/mol. The normalized spacial score (nSPS) is 25.4. The lowest BCUT2D eigenvalue weighted by molar-refractivity contribution is -0.250. The lowest BCUT2D eigenvalue weighted by Crippen LogP contribution is -2.69. The number of ether oxygens (including phenoxy) is 3. The van der Waals surface area contributed by atoms with Gasteiger partial charge in [0.05, 0.1) is 29.8 Å². The number of nitrogens with zero attached hydrogens (tertiary/aromatic N) is 3. The molecule has 2 N–H and O–H groups in total. The summed E-state index contributed by atoms with van der Waals surface area (Å²) in [6.07, 6.45) is 11.9. The minimum Gasteiger partial charge on any atom is -0.490 e. The maximum Gasteiger partial charge on any atom is 0.245 e. The molecule has 1 fully saturated rings. The smallest absolute Gasteiger partial charge is 0.245 e. The fraction of sp³-hybridized carbons (Fsp3) is 0.476. The molecule has 11 nitrogen and oxygen atoms in total. The van der Waals surface area contributed by atoms with Crippen LogP contribution >= 0.6 is 0 Å². The molecule has 1 aliphatic heterocycles. The predicted octanol–water partition coefficient (Wildman–Crippen LogP) is 6.77. The number of unbranched alkanes of at least 4 members (excludes halogenated alkanes) is 2. The van der Waals surface area contributed by atoms with Crippen LogP contribution in [-0.4, -0.2) is 85.5 Å². The highest BCUT2D eigenvalue weighted by molar-refractivity contribution is 7.89. The summed E-state index contributed by atoms with van der Waals surface area (Å²) < 4.78 is 51.4. The zero-order valence-electron chi connectivity index (χ0n) is 31.3. The Balaban J connectivity index is 1.60. The van der Waals surface area contributed by atoms with Crippen LogP contribution in [-0.2, 0) is 19.6 Å². The van der Waals surface area contributed by atoms with Gasteiger partial charge in [-0.1, -0.05) is 61.0 Å². The number of hydrogen-bond donors (Lipinski definition) is 2. The zero-order chi connectivity index (χ0) is 38.3. The molecule has 0 spiro atoms. The first-order valence-electron chi connectivity index (χ1n) is 19.0. The molecule has 2 heterocycles. The Morgan fingerprint density at radius 1 is 1.04 bits per heavy atom. The summed E-state index contributed by atoms with van der Waals surface area (Å²) in [7, 11) is -2.63. The summed E-state index contributed by atoms with van der Waals surface area (Å²) in [5.41, 5.74) is 2.85. The van der Waals surface area contributed by atoms with Crippen molar-refractivity contribution < 1.29 is 37.7 Å². The molecular formula is C42H53N3O8S. The van der Waals surface area contributed by atoms with Gasteiger partial charge in [-0.2, -0.15) is 4.31 Å². The predicted molar refractivity (Wildman–Crippen MR) is 209 cm³/mol. The Labute approximate surface area is 319 Å². The van der Waals surface area contributed by atoms with Crippen molar-refractivity contribution in [2.45, 2.75) is 74.5 Å². The van der Waals surface area contributed by atoms with Gasteiger partial charge in [-0.3, -0.25) is 4.98 Å². The molecule has 0 radical (unpaired) electrons. The fourth-order valence-electron chi connectivity index (χ4n) is 8.70. The summed E-state index contributed by atoms with van der Waals surface area (Å²) >= 11 is 0. The first-order chi connectivity index (χ1) is 26.2. The second kappa shape index (κ2) is 17.6. The van der Waals surface area contributed by atoms with Crippen LogP contribution < -0.4 is 9.47 Å². The summed E-state index contributed by atoms with van der Waals surface area (Å²) in [5, 5.41) is 25.0. The Hall–Kier alpha value is -4.07. The molecule has 3 aromatic rings. The number of fused-ring (bicyclic) bond motifs is 3. The van der Waals surface area contributed by atoms with E-state index in [0.29, 0.717) is 54.2 Å². The minimum atomic E-state index is -4.21. The van der Waals surface area contributed by atoms with E-state index in [1.807, 2.05) is 37.3 Å². The first kappa shape index (κ1) is 39.6. The van der Waals surface area contributed by atoms with E-state index in [9.17, 15) is 18.6 Å². The highest BCUT2D eigenvalue weighted by Gasteiger charge is 2.65. The van der Waals surface area contributed by atoms with Crippen molar-refractivity contribution in [3.05, 3.63) is 97.3 Å². The standard InChI is InChI=1S/C42H53N3O8S/c1-5-24-50-31-19-20-36-34(27-31)39-32(17-9-11-23-47)30(14-8-10-22-46)26-33-35(44-52-7-3)28-38(42(53-36,40(33)39)51-25-6-2)45(4)54(48,49)37-18-12-15-29-16-13-21-43-41(29)37/h5-6,12-13,15-16,18-21,26-27,30,32,38-40,46-47H,1-2,7-11,14,17,22-25,28H2,3-4H3/t30-,32+,38-,39+,40+,42+/m0/s1. The molecule has 1 saturated carbocycles. The van der Waals surface area contributed by atoms with E-state index in [2.05, 4.69) is 29.4 Å². The van der Waals surface area contributed by atoms with Crippen molar-refractivity contribution in [3.63, 3.8) is 0 Å². The number of pyridine rings is 1. The maximum atomic E-state index is 14.9. The Kier molecular flexibility index (Phi) is 12.9. The van der Waals surface area contributed by atoms with E-state index >= 15 is 0 Å². The number of aliphatic hydroxyl groups excluding tert-OH is 2. The summed E-state index contributed by atoms with van der Waals surface area (Å²) in [5.74, 6) is -0.887. The molecular weight excluding hydrogens is 707 g/mol. The van der Waals surface area contributed by atoms with Gasteiger partial charge >= 0.3 is 0 Å². The Morgan fingerprint density at radius 2 is 1.80 bits per heavy atom. The maximum absolute atomic E-state index is 14.9. The van der Waals surface area contributed by atoms with Crippen LogP contribution in [0.25, 0.3) is 10.9 Å². The van der Waals surface area contributed by atoms with E-state index in [1.54, 1.807) is 43.6 Å². The van der Waals surface area contributed by atoms with Gasteiger partial charge in [-0.25, -0.2) is 8.42 Å². The molecule has 6 rings (SSSR count). The SMILES string of the molecule is C=CCOc1ccc2c(c1)[C@H]1[C@H](CCCCO)[C@@H](CCCCO)C=C3C(=NOCC)C[C@H](N(C)S(=O)(=O)c4cccc5cccnc45)[C@@](OCC=C)(O2)[C@H]31. The molecule has 2 aliphatic carbocycles. The highest BCUT2D eigenvalue weighted by atomic mass is 32.2. The molecule has 0 unspecified atom stereocenters. The van der Waals surface area contributed by atoms with E-state index in [4.69, 9.17) is 19.0 Å². The Bertz CT molecular complexity index is 1960. The lowest BCUT2D eigenvalue weighted by Gasteiger charge is -2.59. The molecule has 290 valence electrons. The quantitative estimate of drug-likeness (QED) is 0.0770. The molecule has 12 heteroatoms. The van der Waals surface area contributed by atoms with Gasteiger partial charge in [0.25, 0.3) is 0 Å². The van der Waals surface area contributed by atoms with Crippen molar-refractivity contribution in [1.82, 2.24) is 9.29 Å². The van der Waals surface area contributed by atoms with Crippen molar-refractivity contribution in [1.29, 1.82) is 0 Å². The number of hydrogen-bond acceptors (Lipinski definition) is 10. The molecule has 54 heavy (non-hydrogen) atoms. The summed E-state index contributed by atoms with van der Waals surface area (Å²) in [6.45, 7) is 10.6. The highest BCUT2D eigenvalue weighted by Crippen LogP contribution is 2.62. The number of likely N-dealkylation sites (N-methyl/N-ethyl adjacent to an activating group) is 1. The van der Waals surface area contributed by atoms with Gasteiger partial charge in [-0.15, -0.1) is 6.58 Å². The van der Waals surface area contributed by atoms with Crippen LogP contribution in [0.4, 0.5) is 0 Å². The zero-order valence-corrected chi connectivity index (χ0v) is 32.1. The monoisotopic (exact) mass is 759 g/mol. The topological polar surface area (TPSA) is 140 Å². The first-order valence-corrected chi connectivity index (χ1v) is 20.5. The number of aromatic nitrogens is 1. The second-order valence-electron chi connectivity index (χ2n) is 14.1. The third-order valence-electron chi connectivity index (χ3n) is 11.0. The van der Waals surface area contributed by atoms with E-state index in [0.717, 1.165) is 36.8 Å². The number of para-hydroxylation sites is 1. The molecule has 1 aromatic heterocycles. The average Bonchev–Trinajstić information content (AvgIpc) is 3.19.